The molecule has 0 radical (unpaired) electrons. The summed E-state index contributed by atoms with van der Waals surface area (Å²) in [6.45, 7) is 6.12. The molecule has 1 N–H and O–H groups in total. The number of benzene rings is 2. The number of fused-ring (bicyclic) bond motifs is 1. The number of hydrogen-bond donors (Lipinski definition) is 1. The summed E-state index contributed by atoms with van der Waals surface area (Å²) in [4.78, 5) is 40.7. The predicted octanol–water partition coefficient (Wildman–Crippen LogP) is 3.73. The van der Waals surface area contributed by atoms with Crippen molar-refractivity contribution in [2.75, 3.05) is 22.9 Å². The maximum Gasteiger partial charge on any atom is 0.407 e. The van der Waals surface area contributed by atoms with Gasteiger partial charge in [0.05, 0.1) is 28.5 Å². The summed E-state index contributed by atoms with van der Waals surface area (Å²) in [6.07, 6.45) is 0.0447. The van der Waals surface area contributed by atoms with E-state index >= 15 is 0 Å². The Bertz CT molecular complexity index is 1030. The van der Waals surface area contributed by atoms with Gasteiger partial charge in [-0.05, 0) is 51.5 Å². The van der Waals surface area contributed by atoms with Crippen molar-refractivity contribution in [1.82, 2.24) is 5.32 Å². The van der Waals surface area contributed by atoms with Crippen molar-refractivity contribution in [3.8, 4) is 0 Å². The molecule has 2 aromatic rings. The Labute approximate surface area is 179 Å². The van der Waals surface area contributed by atoms with E-state index in [2.05, 4.69) is 5.32 Å². The maximum absolute atomic E-state index is 14.9. The smallest absolute Gasteiger partial charge is 0.407 e. The van der Waals surface area contributed by atoms with Gasteiger partial charge >= 0.3 is 6.09 Å². The van der Waals surface area contributed by atoms with Gasteiger partial charge in [-0.2, -0.15) is 0 Å². The van der Waals surface area contributed by atoms with Gasteiger partial charge in [-0.1, -0.05) is 18.2 Å². The molecule has 2 aromatic carbocycles. The average Bonchev–Trinajstić information content (AvgIpc) is 3.23. The molecule has 1 saturated heterocycles. The maximum atomic E-state index is 14.9. The average molecular weight is 425 g/mol. The van der Waals surface area contributed by atoms with Gasteiger partial charge in [0.2, 0.25) is 0 Å². The Hall–Kier alpha value is -3.42. The highest BCUT2D eigenvalue weighted by Crippen LogP contribution is 2.38. The zero-order chi connectivity index (χ0) is 22.3. The standard InChI is InChI=1S/C23H24FN3O4/c1-23(2,3)31-22(30)25-14-11-12-26(13-14)19-17(24)9-6-10-18(19)27-20(28)15-7-4-5-8-16(15)21(27)29/h4-10,14H,11-13H2,1-3H3,(H,25,30). The van der Waals surface area contributed by atoms with Crippen LogP contribution in [0.3, 0.4) is 0 Å². The fraction of sp³-hybridized carbons (Fsp3) is 0.348. The van der Waals surface area contributed by atoms with E-state index in [1.807, 2.05) is 0 Å². The molecule has 1 atom stereocenters. The van der Waals surface area contributed by atoms with Gasteiger partial charge in [-0.3, -0.25) is 9.59 Å². The molecule has 0 saturated carbocycles. The zero-order valence-corrected chi connectivity index (χ0v) is 17.6. The first-order valence-corrected chi connectivity index (χ1v) is 10.2. The second-order valence-corrected chi connectivity index (χ2v) is 8.68. The molecule has 0 aliphatic carbocycles. The second-order valence-electron chi connectivity index (χ2n) is 8.68. The summed E-state index contributed by atoms with van der Waals surface area (Å²) in [6, 6.07) is 10.6. The van der Waals surface area contributed by atoms with Crippen LogP contribution in [-0.4, -0.2) is 42.6 Å². The molecule has 1 fully saturated rings. The van der Waals surface area contributed by atoms with E-state index in [4.69, 9.17) is 4.74 Å². The molecular formula is C23H24FN3O4. The molecule has 2 heterocycles. The van der Waals surface area contributed by atoms with Gasteiger partial charge in [-0.25, -0.2) is 14.1 Å². The number of rotatable bonds is 3. The lowest BCUT2D eigenvalue weighted by Crippen LogP contribution is -2.41. The molecule has 0 aromatic heterocycles. The van der Waals surface area contributed by atoms with Crippen LogP contribution in [-0.2, 0) is 4.74 Å². The molecule has 7 nitrogen and oxygen atoms in total. The first-order valence-electron chi connectivity index (χ1n) is 10.2. The lowest BCUT2D eigenvalue weighted by Gasteiger charge is -2.26. The highest BCUT2D eigenvalue weighted by Gasteiger charge is 2.39. The minimum atomic E-state index is -0.618. The second kappa shape index (κ2) is 7.68. The van der Waals surface area contributed by atoms with Gasteiger partial charge < -0.3 is 15.0 Å². The normalized spacial score (nSPS) is 18.4. The van der Waals surface area contributed by atoms with Crippen LogP contribution >= 0.6 is 0 Å². The molecule has 2 aliphatic rings. The Kier molecular flexibility index (Phi) is 5.16. The van der Waals surface area contributed by atoms with Crippen molar-refractivity contribution < 1.29 is 23.5 Å². The molecule has 0 spiro atoms. The lowest BCUT2D eigenvalue weighted by molar-refractivity contribution is 0.0508. The number of carbonyl (C=O) groups is 3. The molecule has 1 unspecified atom stereocenters. The monoisotopic (exact) mass is 425 g/mol. The van der Waals surface area contributed by atoms with E-state index < -0.39 is 29.3 Å². The number of amides is 3. The Balaban J connectivity index is 1.59. The van der Waals surface area contributed by atoms with E-state index in [0.29, 0.717) is 30.6 Å². The topological polar surface area (TPSA) is 79.0 Å². The summed E-state index contributed by atoms with van der Waals surface area (Å²) in [5.74, 6) is -1.49. The summed E-state index contributed by atoms with van der Waals surface area (Å²) < 4.78 is 20.2. The fourth-order valence-corrected chi connectivity index (χ4v) is 3.96. The fourth-order valence-electron chi connectivity index (χ4n) is 3.96. The highest BCUT2D eigenvalue weighted by molar-refractivity contribution is 6.35. The van der Waals surface area contributed by atoms with Crippen molar-refractivity contribution in [3.63, 3.8) is 0 Å². The zero-order valence-electron chi connectivity index (χ0n) is 17.6. The largest absolute Gasteiger partial charge is 0.444 e. The number of para-hydroxylation sites is 1. The first kappa shape index (κ1) is 20.8. The molecule has 8 heteroatoms. The van der Waals surface area contributed by atoms with Crippen molar-refractivity contribution in [3.05, 3.63) is 59.4 Å². The Morgan fingerprint density at radius 1 is 1.06 bits per heavy atom. The molecule has 3 amide bonds. The summed E-state index contributed by atoms with van der Waals surface area (Å²) >= 11 is 0. The number of nitrogens with one attached hydrogen (secondary N) is 1. The van der Waals surface area contributed by atoms with Crippen molar-refractivity contribution in [2.24, 2.45) is 0 Å². The van der Waals surface area contributed by atoms with Crippen molar-refractivity contribution in [1.29, 1.82) is 0 Å². The van der Waals surface area contributed by atoms with Gasteiger partial charge in [0.1, 0.15) is 11.4 Å². The third-order valence-electron chi connectivity index (χ3n) is 5.23. The van der Waals surface area contributed by atoms with E-state index in [1.54, 1.807) is 56.0 Å². The third-order valence-corrected chi connectivity index (χ3v) is 5.23. The molecular weight excluding hydrogens is 401 g/mol. The first-order chi connectivity index (χ1) is 14.7. The van der Waals surface area contributed by atoms with Crippen LogP contribution in [0.25, 0.3) is 0 Å². The number of hydrogen-bond acceptors (Lipinski definition) is 5. The number of carbonyl (C=O) groups excluding carboxylic acids is 3. The summed E-state index contributed by atoms with van der Waals surface area (Å²) in [7, 11) is 0. The lowest BCUT2D eigenvalue weighted by atomic mass is 10.1. The van der Waals surface area contributed by atoms with Gasteiger partial charge in [0.15, 0.2) is 0 Å². The number of imide groups is 1. The number of ether oxygens (including phenoxy) is 1. The van der Waals surface area contributed by atoms with Gasteiger partial charge in [0.25, 0.3) is 11.8 Å². The SMILES string of the molecule is CC(C)(C)OC(=O)NC1CCN(c2c(F)cccc2N2C(=O)c3ccccc3C2=O)C1. The van der Waals surface area contributed by atoms with E-state index in [0.717, 1.165) is 4.90 Å². The predicted molar refractivity (Wildman–Crippen MR) is 114 cm³/mol. The minimum Gasteiger partial charge on any atom is -0.444 e. The van der Waals surface area contributed by atoms with E-state index in [9.17, 15) is 18.8 Å². The van der Waals surface area contributed by atoms with Crippen LogP contribution < -0.4 is 15.1 Å². The number of halogens is 1. The van der Waals surface area contributed by atoms with Crippen LogP contribution in [0.15, 0.2) is 42.5 Å². The third kappa shape index (κ3) is 3.97. The van der Waals surface area contributed by atoms with Crippen LogP contribution in [0.4, 0.5) is 20.6 Å². The molecule has 2 aliphatic heterocycles. The Morgan fingerprint density at radius 3 is 2.32 bits per heavy atom. The number of anilines is 2. The minimum absolute atomic E-state index is 0.172. The molecule has 4 rings (SSSR count). The summed E-state index contributed by atoms with van der Waals surface area (Å²) in [5, 5.41) is 2.80. The van der Waals surface area contributed by atoms with Crippen molar-refractivity contribution in [2.45, 2.75) is 38.8 Å². The number of nitrogens with zero attached hydrogens (tertiary/aromatic N) is 2. The number of alkyl carbamates (subject to hydrolysis) is 1. The molecule has 31 heavy (non-hydrogen) atoms. The molecule has 0 bridgehead atoms. The Morgan fingerprint density at radius 2 is 1.71 bits per heavy atom. The quantitative estimate of drug-likeness (QED) is 0.758. The highest BCUT2D eigenvalue weighted by atomic mass is 19.1. The summed E-state index contributed by atoms with van der Waals surface area (Å²) in [5.41, 5.74) is 0.351. The van der Waals surface area contributed by atoms with Crippen LogP contribution in [0.1, 0.15) is 47.9 Å². The van der Waals surface area contributed by atoms with Crippen molar-refractivity contribution >= 4 is 29.3 Å². The van der Waals surface area contributed by atoms with Crippen LogP contribution in [0, 0.1) is 5.82 Å². The van der Waals surface area contributed by atoms with Crippen LogP contribution in [0.2, 0.25) is 0 Å². The molecule has 162 valence electrons. The van der Waals surface area contributed by atoms with E-state index in [-0.39, 0.29) is 17.4 Å². The van der Waals surface area contributed by atoms with Gasteiger partial charge in [-0.15, -0.1) is 0 Å². The van der Waals surface area contributed by atoms with Gasteiger partial charge in [0, 0.05) is 13.1 Å². The van der Waals surface area contributed by atoms with Crippen LogP contribution in [0.5, 0.6) is 0 Å². The van der Waals surface area contributed by atoms with E-state index in [1.165, 1.54) is 12.1 Å².